The molecule has 2 heterocycles. The van der Waals surface area contributed by atoms with Crippen molar-refractivity contribution in [1.29, 1.82) is 0 Å². The predicted octanol–water partition coefficient (Wildman–Crippen LogP) is 12.3. The topological polar surface area (TPSA) is 25.8 Å². The molecule has 0 spiro atoms. The second kappa shape index (κ2) is 11.5. The van der Waals surface area contributed by atoms with Gasteiger partial charge in [0.2, 0.25) is 0 Å². The lowest BCUT2D eigenvalue weighted by atomic mass is 9.90. The third-order valence-electron chi connectivity index (χ3n) is 8.89. The van der Waals surface area contributed by atoms with E-state index in [1.165, 1.54) is 42.2 Å². The summed E-state index contributed by atoms with van der Waals surface area (Å²) in [6.07, 6.45) is 0. The maximum atomic E-state index is 5.42. The molecule has 7 aromatic carbocycles. The number of rotatable bonds is 5. The lowest BCUT2D eigenvalue weighted by Gasteiger charge is -2.16. The highest BCUT2D eigenvalue weighted by Crippen LogP contribution is 2.49. The van der Waals surface area contributed by atoms with Gasteiger partial charge in [-0.3, -0.25) is 0 Å². The van der Waals surface area contributed by atoms with Crippen LogP contribution in [0.1, 0.15) is 0 Å². The molecule has 0 unspecified atom stereocenters. The maximum absolute atomic E-state index is 5.42. The molecule has 2 aromatic heterocycles. The summed E-state index contributed by atoms with van der Waals surface area (Å²) in [4.78, 5) is 10.8. The van der Waals surface area contributed by atoms with Gasteiger partial charge in [-0.2, -0.15) is 0 Å². The van der Waals surface area contributed by atoms with Crippen LogP contribution in [0.25, 0.3) is 87.1 Å². The van der Waals surface area contributed by atoms with Crippen molar-refractivity contribution in [2.75, 3.05) is 0 Å². The summed E-state index contributed by atoms with van der Waals surface area (Å²) in [5.74, 6) is 0.732. The van der Waals surface area contributed by atoms with Gasteiger partial charge in [-0.15, -0.1) is 11.3 Å². The first-order valence-corrected chi connectivity index (χ1v) is 16.7. The van der Waals surface area contributed by atoms with Gasteiger partial charge in [-0.05, 0) is 45.7 Å². The van der Waals surface area contributed by atoms with E-state index < -0.39 is 0 Å². The molecule has 2 nitrogen and oxygen atoms in total. The lowest BCUT2D eigenvalue weighted by Crippen LogP contribution is -1.98. The van der Waals surface area contributed by atoms with Gasteiger partial charge in [-0.25, -0.2) is 9.97 Å². The lowest BCUT2D eigenvalue weighted by molar-refractivity contribution is 1.19. The fourth-order valence-corrected chi connectivity index (χ4v) is 8.01. The summed E-state index contributed by atoms with van der Waals surface area (Å²) >= 11 is 1.85. The molecule has 0 atom stereocenters. The van der Waals surface area contributed by atoms with Crippen molar-refractivity contribution in [3.8, 4) is 56.2 Å². The molecule has 0 bridgehead atoms. The van der Waals surface area contributed by atoms with Gasteiger partial charge >= 0.3 is 0 Å². The van der Waals surface area contributed by atoms with Crippen LogP contribution in [0.15, 0.2) is 170 Å². The van der Waals surface area contributed by atoms with Crippen molar-refractivity contribution < 1.29 is 0 Å². The average Bonchev–Trinajstić information content (AvgIpc) is 3.53. The molecule has 0 aliphatic heterocycles. The van der Waals surface area contributed by atoms with E-state index in [4.69, 9.17) is 9.97 Å². The van der Waals surface area contributed by atoms with E-state index in [1.807, 2.05) is 17.4 Å². The zero-order valence-corrected chi connectivity index (χ0v) is 26.3. The minimum absolute atomic E-state index is 0.732. The first-order chi connectivity index (χ1) is 23.3. The molecule has 0 aliphatic rings. The fourth-order valence-electron chi connectivity index (χ4n) is 6.72. The first kappa shape index (κ1) is 27.4. The number of hydrogen-bond donors (Lipinski definition) is 0. The van der Waals surface area contributed by atoms with Crippen LogP contribution in [-0.4, -0.2) is 9.97 Å². The zero-order chi connectivity index (χ0) is 31.2. The second-order valence-corrected chi connectivity index (χ2v) is 12.8. The van der Waals surface area contributed by atoms with Crippen molar-refractivity contribution in [3.63, 3.8) is 0 Å². The summed E-state index contributed by atoms with van der Waals surface area (Å²) in [5.41, 5.74) is 9.81. The highest BCUT2D eigenvalue weighted by atomic mass is 32.1. The monoisotopic (exact) mass is 616 g/mol. The highest BCUT2D eigenvalue weighted by Gasteiger charge is 2.23. The Labute approximate surface area is 277 Å². The van der Waals surface area contributed by atoms with Gasteiger partial charge in [-0.1, -0.05) is 152 Å². The molecule has 9 rings (SSSR count). The Kier molecular flexibility index (Phi) is 6.69. The summed E-state index contributed by atoms with van der Waals surface area (Å²) in [6.45, 7) is 0. The van der Waals surface area contributed by atoms with E-state index in [0.29, 0.717) is 0 Å². The Bertz CT molecular complexity index is 2550. The largest absolute Gasteiger partial charge is 0.228 e. The van der Waals surface area contributed by atoms with Crippen LogP contribution < -0.4 is 0 Å². The van der Waals surface area contributed by atoms with Gasteiger partial charge in [0.1, 0.15) is 0 Å². The third kappa shape index (κ3) is 4.80. The average molecular weight is 617 g/mol. The standard InChI is InChI=1S/C44H28N2S/c1-4-15-29(16-5-1)32-21-14-22-33(27-32)38-28-37(30-17-6-2-7-18-30)45-44(46-38)42-35-24-11-10-23-34(35)40(31-19-8-3-9-20-31)43-41(42)36-25-12-13-26-39(36)47-43/h1-28H. The number of aromatic nitrogens is 2. The molecule has 0 saturated carbocycles. The quantitative estimate of drug-likeness (QED) is 0.192. The molecule has 0 amide bonds. The first-order valence-electron chi connectivity index (χ1n) is 15.8. The zero-order valence-electron chi connectivity index (χ0n) is 25.5. The van der Waals surface area contributed by atoms with Crippen LogP contribution in [-0.2, 0) is 0 Å². The molecule has 9 aromatic rings. The van der Waals surface area contributed by atoms with Crippen molar-refractivity contribution in [2.45, 2.75) is 0 Å². The second-order valence-electron chi connectivity index (χ2n) is 11.7. The van der Waals surface area contributed by atoms with Crippen LogP contribution in [0.4, 0.5) is 0 Å². The molecular weight excluding hydrogens is 589 g/mol. The summed E-state index contributed by atoms with van der Waals surface area (Å²) < 4.78 is 2.51. The Morgan fingerprint density at radius 2 is 0.872 bits per heavy atom. The summed E-state index contributed by atoms with van der Waals surface area (Å²) in [7, 11) is 0. The van der Waals surface area contributed by atoms with Gasteiger partial charge in [0, 0.05) is 42.4 Å². The van der Waals surface area contributed by atoms with Crippen LogP contribution in [0, 0.1) is 0 Å². The van der Waals surface area contributed by atoms with Crippen molar-refractivity contribution in [2.24, 2.45) is 0 Å². The summed E-state index contributed by atoms with van der Waals surface area (Å²) in [5, 5.41) is 4.79. The van der Waals surface area contributed by atoms with Gasteiger partial charge in [0.25, 0.3) is 0 Å². The van der Waals surface area contributed by atoms with E-state index in [9.17, 15) is 0 Å². The molecule has 47 heavy (non-hydrogen) atoms. The Balaban J connectivity index is 1.39. The Morgan fingerprint density at radius 1 is 0.362 bits per heavy atom. The van der Waals surface area contributed by atoms with Gasteiger partial charge in [0.05, 0.1) is 11.4 Å². The maximum Gasteiger partial charge on any atom is 0.161 e. The van der Waals surface area contributed by atoms with Crippen LogP contribution in [0.5, 0.6) is 0 Å². The van der Waals surface area contributed by atoms with Crippen LogP contribution >= 0.6 is 11.3 Å². The van der Waals surface area contributed by atoms with E-state index in [2.05, 4.69) is 164 Å². The van der Waals surface area contributed by atoms with E-state index in [1.54, 1.807) is 0 Å². The Hall–Kier alpha value is -5.90. The Morgan fingerprint density at radius 3 is 1.57 bits per heavy atom. The smallest absolute Gasteiger partial charge is 0.161 e. The molecule has 0 aliphatic carbocycles. The minimum Gasteiger partial charge on any atom is -0.228 e. The SMILES string of the molecule is c1ccc(-c2cccc(-c3cc(-c4ccccc4)nc(-c4c5ccccc5c(-c5ccccc5)c5sc6ccccc6c45)n3)c2)cc1. The molecule has 0 N–H and O–H groups in total. The normalized spacial score (nSPS) is 11.4. The van der Waals surface area contributed by atoms with Crippen molar-refractivity contribution in [1.82, 2.24) is 9.97 Å². The molecule has 220 valence electrons. The van der Waals surface area contributed by atoms with E-state index in [-0.39, 0.29) is 0 Å². The molecule has 3 heteroatoms. The van der Waals surface area contributed by atoms with Crippen LogP contribution in [0.3, 0.4) is 0 Å². The number of benzene rings is 7. The third-order valence-corrected chi connectivity index (χ3v) is 10.1. The summed E-state index contributed by atoms with van der Waals surface area (Å²) in [6, 6.07) is 60.0. The minimum atomic E-state index is 0.732. The number of nitrogens with zero attached hydrogens (tertiary/aromatic N) is 2. The highest BCUT2D eigenvalue weighted by molar-refractivity contribution is 7.26. The number of fused-ring (bicyclic) bond motifs is 4. The number of thiophene rings is 1. The van der Waals surface area contributed by atoms with Crippen molar-refractivity contribution in [3.05, 3.63) is 170 Å². The van der Waals surface area contributed by atoms with Gasteiger partial charge in [0.15, 0.2) is 5.82 Å². The predicted molar refractivity (Wildman–Crippen MR) is 200 cm³/mol. The van der Waals surface area contributed by atoms with E-state index in [0.717, 1.165) is 44.9 Å². The van der Waals surface area contributed by atoms with E-state index >= 15 is 0 Å². The molecule has 0 radical (unpaired) electrons. The molecular formula is C44H28N2S. The van der Waals surface area contributed by atoms with Crippen molar-refractivity contribution >= 4 is 42.3 Å². The number of hydrogen-bond acceptors (Lipinski definition) is 3. The molecule has 0 fully saturated rings. The van der Waals surface area contributed by atoms with Gasteiger partial charge < -0.3 is 0 Å². The fraction of sp³-hybridized carbons (Fsp3) is 0. The van der Waals surface area contributed by atoms with Crippen LogP contribution in [0.2, 0.25) is 0 Å². The molecule has 0 saturated heterocycles.